The summed E-state index contributed by atoms with van der Waals surface area (Å²) in [6.07, 6.45) is 4.28. The number of aromatic nitrogens is 1. The van der Waals surface area contributed by atoms with Gasteiger partial charge in [0, 0.05) is 19.6 Å². The Morgan fingerprint density at radius 1 is 1.39 bits per heavy atom. The molecule has 0 amide bonds. The molecule has 1 saturated heterocycles. The minimum Gasteiger partial charge on any atom is -0.397 e. The first-order chi connectivity index (χ1) is 8.56. The van der Waals surface area contributed by atoms with Crippen LogP contribution < -0.4 is 10.6 Å². The molecule has 0 bridgehead atoms. The number of nitrogen functional groups attached to an aromatic ring is 1. The molecule has 0 saturated carbocycles. The molecule has 0 atom stereocenters. The van der Waals surface area contributed by atoms with Crippen LogP contribution in [-0.2, 0) is 0 Å². The first-order valence-electron chi connectivity index (χ1n) is 6.68. The van der Waals surface area contributed by atoms with Crippen LogP contribution in [0.25, 0.3) is 0 Å². The Bertz CT molecular complexity index is 395. The molecular formula is C14H24N4. The van der Waals surface area contributed by atoms with E-state index < -0.39 is 0 Å². The van der Waals surface area contributed by atoms with Crippen molar-refractivity contribution in [3.63, 3.8) is 0 Å². The number of nitrogens with two attached hydrogens (primary N) is 1. The number of aryl methyl sites for hydroxylation is 1. The van der Waals surface area contributed by atoms with Crippen molar-refractivity contribution >= 4 is 11.5 Å². The summed E-state index contributed by atoms with van der Waals surface area (Å²) < 4.78 is 0. The van der Waals surface area contributed by atoms with Crippen molar-refractivity contribution in [1.29, 1.82) is 0 Å². The van der Waals surface area contributed by atoms with E-state index in [4.69, 9.17) is 5.73 Å². The molecule has 1 aliphatic heterocycles. The van der Waals surface area contributed by atoms with E-state index >= 15 is 0 Å². The third-order valence-electron chi connectivity index (χ3n) is 3.70. The Morgan fingerprint density at radius 2 is 2.06 bits per heavy atom. The van der Waals surface area contributed by atoms with Crippen molar-refractivity contribution in [2.75, 3.05) is 44.4 Å². The number of hydrogen-bond acceptors (Lipinski definition) is 4. The van der Waals surface area contributed by atoms with Crippen LogP contribution in [0.5, 0.6) is 0 Å². The van der Waals surface area contributed by atoms with Gasteiger partial charge in [-0.25, -0.2) is 4.98 Å². The number of piperidine rings is 1. The second kappa shape index (κ2) is 5.57. The van der Waals surface area contributed by atoms with E-state index in [0.717, 1.165) is 36.1 Å². The lowest BCUT2D eigenvalue weighted by Crippen LogP contribution is -2.37. The Hall–Kier alpha value is -1.29. The van der Waals surface area contributed by atoms with Gasteiger partial charge in [-0.3, -0.25) is 0 Å². The Labute approximate surface area is 110 Å². The summed E-state index contributed by atoms with van der Waals surface area (Å²) in [6, 6.07) is 2.10. The molecule has 0 spiro atoms. The van der Waals surface area contributed by atoms with E-state index in [-0.39, 0.29) is 0 Å². The molecule has 1 aromatic rings. The van der Waals surface area contributed by atoms with Gasteiger partial charge >= 0.3 is 0 Å². The molecule has 0 radical (unpaired) electrons. The standard InChI is InChI=1S/C14H24N4/c1-11-8-14(16-9-13(11)15)18-6-4-12(5-7-18)10-17(2)3/h8-9,12H,4-7,10,15H2,1-3H3. The molecule has 2 N–H and O–H groups in total. The Kier molecular flexibility index (Phi) is 4.07. The zero-order chi connectivity index (χ0) is 13.1. The van der Waals surface area contributed by atoms with Gasteiger partial charge in [0.05, 0.1) is 11.9 Å². The molecule has 2 rings (SSSR count). The van der Waals surface area contributed by atoms with Gasteiger partial charge in [-0.1, -0.05) is 0 Å². The molecular weight excluding hydrogens is 224 g/mol. The maximum Gasteiger partial charge on any atom is 0.128 e. The first kappa shape index (κ1) is 13.1. The smallest absolute Gasteiger partial charge is 0.128 e. The van der Waals surface area contributed by atoms with E-state index in [9.17, 15) is 0 Å². The zero-order valence-corrected chi connectivity index (χ0v) is 11.7. The SMILES string of the molecule is Cc1cc(N2CCC(CN(C)C)CC2)ncc1N. The highest BCUT2D eigenvalue weighted by Gasteiger charge is 2.20. The topological polar surface area (TPSA) is 45.4 Å². The van der Waals surface area contributed by atoms with Crippen LogP contribution in [0, 0.1) is 12.8 Å². The van der Waals surface area contributed by atoms with E-state index in [1.54, 1.807) is 6.20 Å². The fourth-order valence-corrected chi connectivity index (χ4v) is 2.59. The Morgan fingerprint density at radius 3 is 2.61 bits per heavy atom. The van der Waals surface area contributed by atoms with Crippen LogP contribution >= 0.6 is 0 Å². The fraction of sp³-hybridized carbons (Fsp3) is 0.643. The van der Waals surface area contributed by atoms with E-state index in [2.05, 4.69) is 34.9 Å². The predicted octanol–water partition coefficient (Wildman–Crippen LogP) is 1.75. The maximum atomic E-state index is 5.81. The van der Waals surface area contributed by atoms with Gasteiger partial charge < -0.3 is 15.5 Å². The molecule has 18 heavy (non-hydrogen) atoms. The summed E-state index contributed by atoms with van der Waals surface area (Å²) in [5.74, 6) is 1.90. The van der Waals surface area contributed by atoms with Crippen molar-refractivity contribution in [1.82, 2.24) is 9.88 Å². The molecule has 1 aromatic heterocycles. The molecule has 0 aromatic carbocycles. The Balaban J connectivity index is 1.94. The van der Waals surface area contributed by atoms with Gasteiger partial charge in [-0.15, -0.1) is 0 Å². The molecule has 4 heteroatoms. The maximum absolute atomic E-state index is 5.81. The zero-order valence-electron chi connectivity index (χ0n) is 11.7. The van der Waals surface area contributed by atoms with Crippen LogP contribution in [0.1, 0.15) is 18.4 Å². The van der Waals surface area contributed by atoms with Crippen LogP contribution in [0.4, 0.5) is 11.5 Å². The third kappa shape index (κ3) is 3.13. The highest BCUT2D eigenvalue weighted by molar-refractivity contribution is 5.52. The highest BCUT2D eigenvalue weighted by Crippen LogP contribution is 2.24. The van der Waals surface area contributed by atoms with Gasteiger partial charge in [0.2, 0.25) is 0 Å². The molecule has 4 nitrogen and oxygen atoms in total. The largest absolute Gasteiger partial charge is 0.397 e. The summed E-state index contributed by atoms with van der Waals surface area (Å²) in [7, 11) is 4.30. The van der Waals surface area contributed by atoms with Crippen molar-refractivity contribution in [2.45, 2.75) is 19.8 Å². The molecule has 1 aliphatic rings. The molecule has 100 valence electrons. The van der Waals surface area contributed by atoms with E-state index in [1.165, 1.54) is 19.4 Å². The van der Waals surface area contributed by atoms with Crippen molar-refractivity contribution in [2.24, 2.45) is 5.92 Å². The number of hydrogen-bond donors (Lipinski definition) is 1. The van der Waals surface area contributed by atoms with Crippen LogP contribution in [0.2, 0.25) is 0 Å². The van der Waals surface area contributed by atoms with Crippen molar-refractivity contribution < 1.29 is 0 Å². The van der Waals surface area contributed by atoms with Gasteiger partial charge in [0.1, 0.15) is 5.82 Å². The molecule has 2 heterocycles. The van der Waals surface area contributed by atoms with Gasteiger partial charge in [0.25, 0.3) is 0 Å². The van der Waals surface area contributed by atoms with Crippen molar-refractivity contribution in [3.8, 4) is 0 Å². The average molecular weight is 248 g/mol. The van der Waals surface area contributed by atoms with Crippen molar-refractivity contribution in [3.05, 3.63) is 17.8 Å². The minimum absolute atomic E-state index is 0.779. The molecule has 1 fully saturated rings. The predicted molar refractivity (Wildman–Crippen MR) is 76.9 cm³/mol. The van der Waals surface area contributed by atoms with Gasteiger partial charge in [-0.05, 0) is 51.4 Å². The van der Waals surface area contributed by atoms with Crippen LogP contribution in [0.15, 0.2) is 12.3 Å². The fourth-order valence-electron chi connectivity index (χ4n) is 2.59. The van der Waals surface area contributed by atoms with Crippen LogP contribution in [-0.4, -0.2) is 43.6 Å². The number of rotatable bonds is 3. The second-order valence-corrected chi connectivity index (χ2v) is 5.59. The quantitative estimate of drug-likeness (QED) is 0.885. The summed E-state index contributed by atoms with van der Waals surface area (Å²) in [6.45, 7) is 5.45. The lowest BCUT2D eigenvalue weighted by molar-refractivity contribution is 0.284. The number of anilines is 2. The van der Waals surface area contributed by atoms with Crippen LogP contribution in [0.3, 0.4) is 0 Å². The summed E-state index contributed by atoms with van der Waals surface area (Å²) in [4.78, 5) is 9.10. The first-order valence-corrected chi connectivity index (χ1v) is 6.68. The average Bonchev–Trinajstić information content (AvgIpc) is 2.33. The normalized spacial score (nSPS) is 17.4. The van der Waals surface area contributed by atoms with E-state index in [0.29, 0.717) is 0 Å². The highest BCUT2D eigenvalue weighted by atomic mass is 15.2. The monoisotopic (exact) mass is 248 g/mol. The third-order valence-corrected chi connectivity index (χ3v) is 3.70. The summed E-state index contributed by atoms with van der Waals surface area (Å²) in [5, 5.41) is 0. The molecule has 0 aliphatic carbocycles. The second-order valence-electron chi connectivity index (χ2n) is 5.59. The lowest BCUT2D eigenvalue weighted by atomic mass is 9.96. The number of nitrogens with zero attached hydrogens (tertiary/aromatic N) is 3. The van der Waals surface area contributed by atoms with Gasteiger partial charge in [-0.2, -0.15) is 0 Å². The van der Waals surface area contributed by atoms with Gasteiger partial charge in [0.15, 0.2) is 0 Å². The summed E-state index contributed by atoms with van der Waals surface area (Å²) in [5.41, 5.74) is 7.71. The van der Waals surface area contributed by atoms with E-state index in [1.807, 2.05) is 6.92 Å². The molecule has 0 unspecified atom stereocenters. The number of pyridine rings is 1. The summed E-state index contributed by atoms with van der Waals surface area (Å²) >= 11 is 0. The minimum atomic E-state index is 0.779. The lowest BCUT2D eigenvalue weighted by Gasteiger charge is -2.34.